The van der Waals surface area contributed by atoms with Crippen molar-refractivity contribution in [1.29, 1.82) is 0 Å². The van der Waals surface area contributed by atoms with Crippen LogP contribution >= 0.6 is 11.6 Å². The Labute approximate surface area is 157 Å². The van der Waals surface area contributed by atoms with Gasteiger partial charge in [0, 0.05) is 24.7 Å². The van der Waals surface area contributed by atoms with Crippen molar-refractivity contribution in [3.05, 3.63) is 27.9 Å². The lowest BCUT2D eigenvalue weighted by Crippen LogP contribution is -2.57. The van der Waals surface area contributed by atoms with Crippen molar-refractivity contribution in [3.8, 4) is 5.75 Å². The predicted molar refractivity (Wildman–Crippen MR) is 97.4 cm³/mol. The summed E-state index contributed by atoms with van der Waals surface area (Å²) in [6.07, 6.45) is 1.15. The van der Waals surface area contributed by atoms with Gasteiger partial charge in [-0.05, 0) is 50.9 Å². The van der Waals surface area contributed by atoms with Crippen molar-refractivity contribution in [3.63, 3.8) is 0 Å². The van der Waals surface area contributed by atoms with Crippen molar-refractivity contribution in [1.82, 2.24) is 9.96 Å². The summed E-state index contributed by atoms with van der Waals surface area (Å²) in [4.78, 5) is 28.8. The van der Waals surface area contributed by atoms with Crippen molar-refractivity contribution in [2.24, 2.45) is 5.92 Å². The van der Waals surface area contributed by atoms with Gasteiger partial charge in [-0.2, -0.15) is 0 Å². The third-order valence-corrected chi connectivity index (χ3v) is 5.94. The number of fused-ring (bicyclic) bond motifs is 4. The van der Waals surface area contributed by atoms with E-state index < -0.39 is 12.0 Å². The lowest BCUT2D eigenvalue weighted by Gasteiger charge is -2.51. The number of hydrogen-bond acceptors (Lipinski definition) is 5. The number of hydroxylamine groups is 2. The Morgan fingerprint density at radius 3 is 2.65 bits per heavy atom. The Kier molecular flexibility index (Phi) is 4.33. The first kappa shape index (κ1) is 17.6. The highest BCUT2D eigenvalue weighted by Gasteiger charge is 2.38. The van der Waals surface area contributed by atoms with Gasteiger partial charge in [-0.1, -0.05) is 11.6 Å². The molecular weight excluding hydrogens is 358 g/mol. The first-order valence-electron chi connectivity index (χ1n) is 8.87. The van der Waals surface area contributed by atoms with Crippen LogP contribution in [0.2, 0.25) is 5.02 Å². The third-order valence-electron chi connectivity index (χ3n) is 5.72. The van der Waals surface area contributed by atoms with Crippen LogP contribution in [-0.2, 0) is 4.79 Å². The number of rotatable bonds is 2. The third kappa shape index (κ3) is 2.74. The minimum absolute atomic E-state index is 0.116. The summed E-state index contributed by atoms with van der Waals surface area (Å²) >= 11 is 6.15. The monoisotopic (exact) mass is 378 g/mol. The molecular formula is C18H21ClN3O4-. The van der Waals surface area contributed by atoms with Crippen LogP contribution in [0.3, 0.4) is 0 Å². The number of anilines is 1. The Morgan fingerprint density at radius 1 is 1.35 bits per heavy atom. The van der Waals surface area contributed by atoms with E-state index >= 15 is 0 Å². The fourth-order valence-electron chi connectivity index (χ4n) is 4.20. The molecule has 0 N–H and O–H groups in total. The summed E-state index contributed by atoms with van der Waals surface area (Å²) in [5.41, 5.74) is 0.524. The summed E-state index contributed by atoms with van der Waals surface area (Å²) in [5.74, 6) is -0.399. The molecule has 0 spiro atoms. The molecule has 26 heavy (non-hydrogen) atoms. The molecule has 7 nitrogen and oxygen atoms in total. The zero-order valence-corrected chi connectivity index (χ0v) is 15.5. The lowest BCUT2D eigenvalue weighted by atomic mass is 9.83. The van der Waals surface area contributed by atoms with Crippen LogP contribution in [0.4, 0.5) is 5.69 Å². The van der Waals surface area contributed by atoms with Crippen molar-refractivity contribution in [2.75, 3.05) is 31.6 Å². The largest absolute Gasteiger partial charge is 0.756 e. The summed E-state index contributed by atoms with van der Waals surface area (Å²) in [7, 11) is 1.60. The van der Waals surface area contributed by atoms with Gasteiger partial charge in [0.15, 0.2) is 11.9 Å². The molecule has 0 aromatic heterocycles. The van der Waals surface area contributed by atoms with Crippen LogP contribution in [0, 0.1) is 11.1 Å². The van der Waals surface area contributed by atoms with Crippen LogP contribution in [-0.4, -0.2) is 60.6 Å². The van der Waals surface area contributed by atoms with E-state index in [1.807, 2.05) is 0 Å². The molecule has 0 radical (unpaired) electrons. The molecule has 2 amide bonds. The molecule has 8 heteroatoms. The van der Waals surface area contributed by atoms with Gasteiger partial charge in [0.25, 0.3) is 5.91 Å². The maximum absolute atomic E-state index is 13.0. The fraction of sp³-hybridized carbons (Fsp3) is 0.556. The van der Waals surface area contributed by atoms with Gasteiger partial charge in [-0.3, -0.25) is 9.59 Å². The Hall–Kier alpha value is -1.83. The number of likely N-dealkylation sites (N-methyl/N-ethyl adjacent to an activating group) is 1. The van der Waals surface area contributed by atoms with E-state index in [2.05, 4.69) is 4.90 Å². The second kappa shape index (κ2) is 6.40. The minimum Gasteiger partial charge on any atom is -0.756 e. The molecule has 2 bridgehead atoms. The van der Waals surface area contributed by atoms with Gasteiger partial charge in [0.2, 0.25) is 5.91 Å². The van der Waals surface area contributed by atoms with Gasteiger partial charge in [0.05, 0.1) is 11.3 Å². The smallest absolute Gasteiger partial charge is 0.267 e. The summed E-state index contributed by atoms with van der Waals surface area (Å²) < 4.78 is 5.67. The van der Waals surface area contributed by atoms with Crippen LogP contribution in [0.15, 0.2) is 12.1 Å². The molecule has 3 saturated heterocycles. The molecule has 140 valence electrons. The molecule has 4 aliphatic heterocycles. The fourth-order valence-corrected chi connectivity index (χ4v) is 4.41. The van der Waals surface area contributed by atoms with E-state index in [0.29, 0.717) is 17.3 Å². The molecule has 1 aromatic carbocycles. The minimum atomic E-state index is -0.725. The van der Waals surface area contributed by atoms with E-state index in [-0.39, 0.29) is 34.2 Å². The Bertz CT molecular complexity index is 763. The maximum atomic E-state index is 13.0. The lowest BCUT2D eigenvalue weighted by molar-refractivity contribution is -0.125. The summed E-state index contributed by atoms with van der Waals surface area (Å²) in [6, 6.07) is 2.67. The molecule has 2 atom stereocenters. The van der Waals surface area contributed by atoms with E-state index in [0.717, 1.165) is 25.9 Å². The maximum Gasteiger partial charge on any atom is 0.267 e. The Morgan fingerprint density at radius 2 is 2.04 bits per heavy atom. The number of hydrogen-bond donors (Lipinski definition) is 0. The van der Waals surface area contributed by atoms with Gasteiger partial charge >= 0.3 is 0 Å². The van der Waals surface area contributed by atoms with Crippen LogP contribution < -0.4 is 9.64 Å². The highest BCUT2D eigenvalue weighted by Crippen LogP contribution is 2.40. The number of amides is 2. The molecule has 3 fully saturated rings. The molecule has 1 aromatic rings. The van der Waals surface area contributed by atoms with Crippen molar-refractivity contribution < 1.29 is 14.3 Å². The number of carbonyl (C=O) groups is 2. The van der Waals surface area contributed by atoms with Crippen LogP contribution in [0.25, 0.3) is 0 Å². The normalized spacial score (nSPS) is 30.0. The van der Waals surface area contributed by atoms with Crippen LogP contribution in [0.5, 0.6) is 5.75 Å². The number of ether oxygens (including phenoxy) is 1. The van der Waals surface area contributed by atoms with Gasteiger partial charge in [-0.25, -0.2) is 0 Å². The van der Waals surface area contributed by atoms with E-state index in [1.165, 1.54) is 11.0 Å². The highest BCUT2D eigenvalue weighted by molar-refractivity contribution is 6.31. The average molecular weight is 379 g/mol. The van der Waals surface area contributed by atoms with Gasteiger partial charge in [-0.15, -0.1) is 0 Å². The van der Waals surface area contributed by atoms with Crippen LogP contribution in [0.1, 0.15) is 30.1 Å². The van der Waals surface area contributed by atoms with Gasteiger partial charge < -0.3 is 24.8 Å². The zero-order valence-electron chi connectivity index (χ0n) is 14.8. The number of carbonyl (C=O) groups excluding carboxylic acids is 2. The molecule has 5 rings (SSSR count). The molecule has 4 heterocycles. The second-order valence-electron chi connectivity index (χ2n) is 7.30. The van der Waals surface area contributed by atoms with Gasteiger partial charge in [0.1, 0.15) is 0 Å². The quantitative estimate of drug-likeness (QED) is 0.737. The Balaban J connectivity index is 1.68. The molecule has 0 aliphatic carbocycles. The summed E-state index contributed by atoms with van der Waals surface area (Å²) in [5, 5.41) is 13.7. The number of halogens is 1. The average Bonchev–Trinajstić information content (AvgIpc) is 2.66. The van der Waals surface area contributed by atoms with Crippen molar-refractivity contribution in [2.45, 2.75) is 31.9 Å². The SMILES string of the molecule is CC1Oc2c(C(=O)N([O-])C3CN4CCC3CC4)cc(Cl)cc2N(C)C1=O. The standard InChI is InChI=1S/C18H21ClN3O4/c1-10-17(23)20(2)14-8-12(19)7-13(16(14)26-10)18(24)22(25)15-9-21-5-3-11(15)4-6-21/h7-8,10-11,15H,3-6,9H2,1-2H3/q-1. The second-order valence-corrected chi connectivity index (χ2v) is 7.73. The highest BCUT2D eigenvalue weighted by atomic mass is 35.5. The molecule has 4 aliphatic rings. The first-order chi connectivity index (χ1) is 12.4. The van der Waals surface area contributed by atoms with E-state index in [1.54, 1.807) is 20.0 Å². The zero-order chi connectivity index (χ0) is 18.6. The first-order valence-corrected chi connectivity index (χ1v) is 9.25. The van der Waals surface area contributed by atoms with Crippen molar-refractivity contribution >= 4 is 29.1 Å². The summed E-state index contributed by atoms with van der Waals surface area (Å²) in [6.45, 7) is 4.21. The number of benzene rings is 1. The van der Waals surface area contributed by atoms with E-state index in [4.69, 9.17) is 16.3 Å². The topological polar surface area (TPSA) is 76.2 Å². The molecule has 2 unspecified atom stereocenters. The van der Waals surface area contributed by atoms with E-state index in [9.17, 15) is 14.8 Å². The number of nitrogens with zero attached hydrogens (tertiary/aromatic N) is 3. The molecule has 0 saturated carbocycles. The number of piperidine rings is 3. The predicted octanol–water partition coefficient (Wildman–Crippen LogP) is 2.12.